The molecule has 0 fully saturated rings. The Morgan fingerprint density at radius 3 is 2.84 bits per heavy atom. The summed E-state index contributed by atoms with van der Waals surface area (Å²) in [5.41, 5.74) is 0.958. The maximum absolute atomic E-state index is 13.4. The summed E-state index contributed by atoms with van der Waals surface area (Å²) in [7, 11) is 0. The molecule has 0 aliphatic carbocycles. The molecule has 98 valence electrons. The first-order chi connectivity index (χ1) is 9.08. The van der Waals surface area contributed by atoms with Crippen molar-refractivity contribution in [1.29, 1.82) is 0 Å². The van der Waals surface area contributed by atoms with Gasteiger partial charge >= 0.3 is 0 Å². The average Bonchev–Trinajstić information content (AvgIpc) is 2.39. The van der Waals surface area contributed by atoms with Crippen LogP contribution >= 0.6 is 0 Å². The summed E-state index contributed by atoms with van der Waals surface area (Å²) in [4.78, 5) is 14.4. The highest BCUT2D eigenvalue weighted by Gasteiger charge is 2.12. The molecule has 1 heterocycles. The van der Waals surface area contributed by atoms with Gasteiger partial charge in [-0.05, 0) is 13.0 Å². The second kappa shape index (κ2) is 5.43. The highest BCUT2D eigenvalue weighted by Crippen LogP contribution is 2.20. The van der Waals surface area contributed by atoms with E-state index in [-0.39, 0.29) is 18.0 Å². The zero-order valence-corrected chi connectivity index (χ0v) is 10.3. The minimum Gasteiger partial charge on any atom is -0.366 e. The van der Waals surface area contributed by atoms with E-state index in [4.69, 9.17) is 0 Å². The molecule has 19 heavy (non-hydrogen) atoms. The molecule has 0 radical (unpaired) electrons. The molecule has 0 saturated heterocycles. The van der Waals surface area contributed by atoms with Crippen LogP contribution in [0, 0.1) is 22.9 Å². The van der Waals surface area contributed by atoms with Gasteiger partial charge in [-0.3, -0.25) is 10.1 Å². The Kier molecular flexibility index (Phi) is 3.70. The van der Waals surface area contributed by atoms with Gasteiger partial charge in [0.25, 0.3) is 5.69 Å². The standard InChI is InChI=1S/C13H12FN3O2/c1-9-7-15-13(6-12(9)17(18)19)16-8-10-4-2-3-5-11(10)14/h2-7H,8H2,1H3,(H,15,16). The number of pyridine rings is 1. The number of hydrogen-bond donors (Lipinski definition) is 1. The molecule has 0 bridgehead atoms. The number of nitro groups is 1. The highest BCUT2D eigenvalue weighted by molar-refractivity contribution is 5.49. The molecule has 1 N–H and O–H groups in total. The smallest absolute Gasteiger partial charge is 0.277 e. The average molecular weight is 261 g/mol. The van der Waals surface area contributed by atoms with Crippen molar-refractivity contribution >= 4 is 11.5 Å². The van der Waals surface area contributed by atoms with E-state index in [1.807, 2.05) is 0 Å². The van der Waals surface area contributed by atoms with Crippen molar-refractivity contribution in [1.82, 2.24) is 4.98 Å². The SMILES string of the molecule is Cc1cnc(NCc2ccccc2F)cc1[N+](=O)[O-]. The van der Waals surface area contributed by atoms with Gasteiger partial charge in [0.05, 0.1) is 11.0 Å². The Morgan fingerprint density at radius 2 is 2.16 bits per heavy atom. The fraction of sp³-hybridized carbons (Fsp3) is 0.154. The van der Waals surface area contributed by atoms with E-state index in [1.165, 1.54) is 18.3 Å². The number of aromatic nitrogens is 1. The third-order valence-electron chi connectivity index (χ3n) is 2.69. The highest BCUT2D eigenvalue weighted by atomic mass is 19.1. The zero-order valence-electron chi connectivity index (χ0n) is 10.3. The minimum absolute atomic E-state index is 0.00830. The van der Waals surface area contributed by atoms with Gasteiger partial charge in [0.15, 0.2) is 0 Å². The first kappa shape index (κ1) is 12.9. The van der Waals surface area contributed by atoms with Crippen molar-refractivity contribution in [3.05, 3.63) is 63.6 Å². The van der Waals surface area contributed by atoms with E-state index in [1.54, 1.807) is 25.1 Å². The van der Waals surface area contributed by atoms with Crippen LogP contribution < -0.4 is 5.32 Å². The van der Waals surface area contributed by atoms with E-state index in [2.05, 4.69) is 10.3 Å². The van der Waals surface area contributed by atoms with E-state index >= 15 is 0 Å². The number of aryl methyl sites for hydroxylation is 1. The molecule has 0 aliphatic rings. The Labute approximate surface area is 109 Å². The van der Waals surface area contributed by atoms with Gasteiger partial charge in [0.2, 0.25) is 0 Å². The van der Waals surface area contributed by atoms with Crippen LogP contribution in [0.5, 0.6) is 0 Å². The third kappa shape index (κ3) is 3.04. The first-order valence-electron chi connectivity index (χ1n) is 5.66. The number of nitrogens with zero attached hydrogens (tertiary/aromatic N) is 2. The van der Waals surface area contributed by atoms with Crippen molar-refractivity contribution in [2.75, 3.05) is 5.32 Å². The van der Waals surface area contributed by atoms with E-state index in [0.29, 0.717) is 16.9 Å². The third-order valence-corrected chi connectivity index (χ3v) is 2.69. The van der Waals surface area contributed by atoms with Crippen LogP contribution in [0.15, 0.2) is 36.5 Å². The molecule has 0 atom stereocenters. The van der Waals surface area contributed by atoms with Gasteiger partial charge in [0, 0.05) is 23.9 Å². The predicted molar refractivity (Wildman–Crippen MR) is 69.4 cm³/mol. The van der Waals surface area contributed by atoms with Crippen molar-refractivity contribution in [2.45, 2.75) is 13.5 Å². The van der Waals surface area contributed by atoms with Gasteiger partial charge in [-0.25, -0.2) is 9.37 Å². The van der Waals surface area contributed by atoms with Crippen LogP contribution in [-0.2, 0) is 6.54 Å². The summed E-state index contributed by atoms with van der Waals surface area (Å²) in [5, 5.41) is 13.7. The van der Waals surface area contributed by atoms with E-state index < -0.39 is 4.92 Å². The van der Waals surface area contributed by atoms with Gasteiger partial charge < -0.3 is 5.32 Å². The van der Waals surface area contributed by atoms with E-state index in [9.17, 15) is 14.5 Å². The van der Waals surface area contributed by atoms with E-state index in [0.717, 1.165) is 0 Å². The lowest BCUT2D eigenvalue weighted by Gasteiger charge is -2.07. The largest absolute Gasteiger partial charge is 0.366 e. The van der Waals surface area contributed by atoms with Gasteiger partial charge in [0.1, 0.15) is 11.6 Å². The van der Waals surface area contributed by atoms with Crippen LogP contribution in [-0.4, -0.2) is 9.91 Å². The van der Waals surface area contributed by atoms with Crippen molar-refractivity contribution in [3.63, 3.8) is 0 Å². The molecule has 0 unspecified atom stereocenters. The summed E-state index contributed by atoms with van der Waals surface area (Å²) in [6, 6.07) is 7.68. The first-order valence-corrected chi connectivity index (χ1v) is 5.66. The molecular weight excluding hydrogens is 249 g/mol. The van der Waals surface area contributed by atoms with Crippen LogP contribution in [0.4, 0.5) is 15.9 Å². The summed E-state index contributed by atoms with van der Waals surface area (Å²) in [6.45, 7) is 1.84. The topological polar surface area (TPSA) is 68.1 Å². The molecule has 1 aromatic heterocycles. The number of hydrogen-bond acceptors (Lipinski definition) is 4. The summed E-state index contributed by atoms with van der Waals surface area (Å²) >= 11 is 0. The molecule has 2 aromatic rings. The molecular formula is C13H12FN3O2. The normalized spacial score (nSPS) is 10.2. The maximum atomic E-state index is 13.4. The molecule has 5 nitrogen and oxygen atoms in total. The van der Waals surface area contributed by atoms with Gasteiger partial charge in [-0.15, -0.1) is 0 Å². The fourth-order valence-electron chi connectivity index (χ4n) is 1.63. The molecule has 0 aliphatic heterocycles. The summed E-state index contributed by atoms with van der Waals surface area (Å²) < 4.78 is 13.4. The quantitative estimate of drug-likeness (QED) is 0.678. The number of anilines is 1. The lowest BCUT2D eigenvalue weighted by Crippen LogP contribution is -2.04. The van der Waals surface area contributed by atoms with Crippen molar-refractivity contribution < 1.29 is 9.31 Å². The van der Waals surface area contributed by atoms with Crippen LogP contribution in [0.1, 0.15) is 11.1 Å². The van der Waals surface area contributed by atoms with Crippen LogP contribution in [0.25, 0.3) is 0 Å². The van der Waals surface area contributed by atoms with Crippen LogP contribution in [0.2, 0.25) is 0 Å². The number of benzene rings is 1. The van der Waals surface area contributed by atoms with Gasteiger partial charge in [-0.1, -0.05) is 18.2 Å². The summed E-state index contributed by atoms with van der Waals surface area (Å²) in [5.74, 6) is 0.0252. The molecule has 2 rings (SSSR count). The zero-order chi connectivity index (χ0) is 13.8. The maximum Gasteiger partial charge on any atom is 0.277 e. The Hall–Kier alpha value is -2.50. The molecule has 6 heteroatoms. The predicted octanol–water partition coefficient (Wildman–Crippen LogP) is 3.05. The molecule has 0 spiro atoms. The Bertz CT molecular complexity index is 617. The minimum atomic E-state index is -0.467. The second-order valence-corrected chi connectivity index (χ2v) is 4.06. The second-order valence-electron chi connectivity index (χ2n) is 4.06. The lowest BCUT2D eigenvalue weighted by molar-refractivity contribution is -0.385. The number of rotatable bonds is 4. The monoisotopic (exact) mass is 261 g/mol. The lowest BCUT2D eigenvalue weighted by atomic mass is 10.2. The number of halogens is 1. The summed E-state index contributed by atoms with van der Waals surface area (Å²) in [6.07, 6.45) is 1.42. The van der Waals surface area contributed by atoms with Crippen LogP contribution in [0.3, 0.4) is 0 Å². The van der Waals surface area contributed by atoms with Gasteiger partial charge in [-0.2, -0.15) is 0 Å². The molecule has 0 saturated carbocycles. The van der Waals surface area contributed by atoms with Crippen molar-refractivity contribution in [2.24, 2.45) is 0 Å². The Balaban J connectivity index is 2.14. The van der Waals surface area contributed by atoms with Crippen molar-refractivity contribution in [3.8, 4) is 0 Å². The Morgan fingerprint density at radius 1 is 1.42 bits per heavy atom. The number of nitrogens with one attached hydrogen (secondary N) is 1. The fourth-order valence-corrected chi connectivity index (χ4v) is 1.63. The molecule has 1 aromatic carbocycles. The molecule has 0 amide bonds.